The number of aliphatic carboxylic acids is 1. The number of hydrogen-bond donors (Lipinski definition) is 1. The molecule has 0 saturated carbocycles. The normalized spacial score (nSPS) is 10.9. The number of carboxylic acids is 1. The molecule has 0 aliphatic rings. The number of nitrogens with zero attached hydrogens (tertiary/aromatic N) is 2. The predicted molar refractivity (Wildman–Crippen MR) is 115 cm³/mol. The van der Waals surface area contributed by atoms with Crippen molar-refractivity contribution in [1.29, 1.82) is 0 Å². The van der Waals surface area contributed by atoms with Gasteiger partial charge in [0.1, 0.15) is 30.3 Å². The predicted octanol–water partition coefficient (Wildman–Crippen LogP) is 5.03. The molecule has 0 unspecified atom stereocenters. The molecule has 0 amide bonds. The molecule has 0 radical (unpaired) electrons. The number of halogens is 1. The zero-order valence-electron chi connectivity index (χ0n) is 16.2. The molecular weight excluding hydrogens is 404 g/mol. The van der Waals surface area contributed by atoms with Crippen LogP contribution in [0.4, 0.5) is 0 Å². The lowest BCUT2D eigenvalue weighted by molar-refractivity contribution is -0.137. The molecule has 2 heterocycles. The number of methoxy groups -OCH3 is 1. The van der Waals surface area contributed by atoms with Gasteiger partial charge in [-0.2, -0.15) is 0 Å². The summed E-state index contributed by atoms with van der Waals surface area (Å²) in [5.41, 5.74) is 3.56. The molecule has 0 fully saturated rings. The molecule has 0 bridgehead atoms. The monoisotopic (exact) mass is 422 g/mol. The fraction of sp³-hybridized carbons (Fsp3) is 0.130. The summed E-state index contributed by atoms with van der Waals surface area (Å²) in [6.45, 7) is 0.240. The van der Waals surface area contributed by atoms with Crippen molar-refractivity contribution in [1.82, 2.24) is 9.55 Å². The highest BCUT2D eigenvalue weighted by atomic mass is 35.5. The van der Waals surface area contributed by atoms with Crippen LogP contribution in [-0.4, -0.2) is 27.7 Å². The number of aromatic nitrogens is 2. The van der Waals surface area contributed by atoms with E-state index in [4.69, 9.17) is 26.2 Å². The van der Waals surface area contributed by atoms with Crippen molar-refractivity contribution in [3.05, 3.63) is 77.6 Å². The Balaban J connectivity index is 1.52. The first-order chi connectivity index (χ1) is 14.5. The summed E-state index contributed by atoms with van der Waals surface area (Å²) in [7, 11) is 1.62. The van der Waals surface area contributed by atoms with E-state index in [0.29, 0.717) is 28.8 Å². The fourth-order valence-electron chi connectivity index (χ4n) is 3.31. The second-order valence-corrected chi connectivity index (χ2v) is 7.19. The van der Waals surface area contributed by atoms with Crippen molar-refractivity contribution in [2.45, 2.75) is 13.2 Å². The zero-order chi connectivity index (χ0) is 21.1. The lowest BCUT2D eigenvalue weighted by Crippen LogP contribution is -2.07. The summed E-state index contributed by atoms with van der Waals surface area (Å²) in [5.74, 6) is 0.415. The van der Waals surface area contributed by atoms with Gasteiger partial charge in [0.15, 0.2) is 0 Å². The quantitative estimate of drug-likeness (QED) is 0.452. The third kappa shape index (κ3) is 4.23. The first-order valence-corrected chi connectivity index (χ1v) is 9.63. The molecule has 0 spiro atoms. The van der Waals surface area contributed by atoms with E-state index in [1.807, 2.05) is 48.5 Å². The summed E-state index contributed by atoms with van der Waals surface area (Å²) in [4.78, 5) is 15.3. The molecular formula is C23H19ClN2O4. The number of ether oxygens (including phenoxy) is 2. The molecule has 4 rings (SSSR count). The number of fused-ring (bicyclic) bond motifs is 1. The summed E-state index contributed by atoms with van der Waals surface area (Å²) >= 11 is 6.06. The first kappa shape index (κ1) is 19.8. The van der Waals surface area contributed by atoms with Gasteiger partial charge in [-0.05, 0) is 47.5 Å². The lowest BCUT2D eigenvalue weighted by atomic mass is 10.0. The van der Waals surface area contributed by atoms with Crippen molar-refractivity contribution >= 4 is 28.6 Å². The van der Waals surface area contributed by atoms with E-state index >= 15 is 0 Å². The van der Waals surface area contributed by atoms with E-state index in [0.717, 1.165) is 22.1 Å². The lowest BCUT2D eigenvalue weighted by Gasteiger charge is -2.11. The number of rotatable bonds is 7. The summed E-state index contributed by atoms with van der Waals surface area (Å²) < 4.78 is 13.0. The molecule has 0 aliphatic carbocycles. The summed E-state index contributed by atoms with van der Waals surface area (Å²) in [6, 6.07) is 17.2. The van der Waals surface area contributed by atoms with Gasteiger partial charge < -0.3 is 19.1 Å². The Morgan fingerprint density at radius 2 is 2.03 bits per heavy atom. The number of pyridine rings is 1. The maximum absolute atomic E-state index is 10.9. The average molecular weight is 423 g/mol. The van der Waals surface area contributed by atoms with Crippen molar-refractivity contribution in [3.63, 3.8) is 0 Å². The Bertz CT molecular complexity index is 1220. The van der Waals surface area contributed by atoms with Crippen molar-refractivity contribution in [3.8, 4) is 22.6 Å². The Labute approximate surface area is 178 Å². The van der Waals surface area contributed by atoms with Crippen LogP contribution in [0, 0.1) is 0 Å². The van der Waals surface area contributed by atoms with Crippen LogP contribution >= 0.6 is 11.6 Å². The minimum absolute atomic E-state index is 0.127. The van der Waals surface area contributed by atoms with Gasteiger partial charge in [-0.1, -0.05) is 29.8 Å². The van der Waals surface area contributed by atoms with Crippen LogP contribution in [0.25, 0.3) is 22.2 Å². The first-order valence-electron chi connectivity index (χ1n) is 9.26. The standard InChI is InChI=1S/C23H19ClN2O4/c1-29-21-11-18(24)5-6-20(21)16-4-2-3-15(9-16)14-30-19-10-17-7-8-26(13-22(27)28)23(17)25-12-19/h2-12H,13-14H2,1H3,(H,27,28). The highest BCUT2D eigenvalue weighted by Crippen LogP contribution is 2.33. The minimum atomic E-state index is -0.910. The van der Waals surface area contributed by atoms with Gasteiger partial charge in [0.05, 0.1) is 13.3 Å². The van der Waals surface area contributed by atoms with Gasteiger partial charge in [-0.25, -0.2) is 4.98 Å². The fourth-order valence-corrected chi connectivity index (χ4v) is 3.47. The van der Waals surface area contributed by atoms with Gasteiger partial charge in [-0.15, -0.1) is 0 Å². The summed E-state index contributed by atoms with van der Waals surface area (Å²) in [6.07, 6.45) is 3.31. The molecule has 6 nitrogen and oxygen atoms in total. The number of carbonyl (C=O) groups is 1. The van der Waals surface area contributed by atoms with Crippen LogP contribution in [0.2, 0.25) is 5.02 Å². The number of carboxylic acid groups (broad SMARTS) is 1. The second kappa shape index (κ2) is 8.47. The van der Waals surface area contributed by atoms with E-state index in [9.17, 15) is 4.79 Å². The highest BCUT2D eigenvalue weighted by Gasteiger charge is 2.09. The van der Waals surface area contributed by atoms with Gasteiger partial charge in [0, 0.05) is 22.2 Å². The highest BCUT2D eigenvalue weighted by molar-refractivity contribution is 6.30. The van der Waals surface area contributed by atoms with E-state index in [1.165, 1.54) is 0 Å². The topological polar surface area (TPSA) is 73.6 Å². The van der Waals surface area contributed by atoms with Crippen LogP contribution in [0.15, 0.2) is 67.0 Å². The van der Waals surface area contributed by atoms with Crippen LogP contribution in [0.1, 0.15) is 5.56 Å². The van der Waals surface area contributed by atoms with E-state index in [2.05, 4.69) is 4.98 Å². The van der Waals surface area contributed by atoms with Crippen molar-refractivity contribution < 1.29 is 19.4 Å². The van der Waals surface area contributed by atoms with Crippen LogP contribution in [-0.2, 0) is 17.9 Å². The Hall–Kier alpha value is -3.51. The third-order valence-electron chi connectivity index (χ3n) is 4.69. The molecule has 0 saturated heterocycles. The zero-order valence-corrected chi connectivity index (χ0v) is 17.0. The SMILES string of the molecule is COc1cc(Cl)ccc1-c1cccc(COc2cnc3c(ccn3CC(=O)O)c2)c1. The van der Waals surface area contributed by atoms with E-state index < -0.39 is 5.97 Å². The van der Waals surface area contributed by atoms with Gasteiger partial charge in [0.25, 0.3) is 0 Å². The average Bonchev–Trinajstić information content (AvgIpc) is 3.13. The van der Waals surface area contributed by atoms with Gasteiger partial charge in [0.2, 0.25) is 0 Å². The maximum Gasteiger partial charge on any atom is 0.323 e. The number of hydrogen-bond acceptors (Lipinski definition) is 4. The molecule has 4 aromatic rings. The van der Waals surface area contributed by atoms with Crippen LogP contribution in [0.3, 0.4) is 0 Å². The molecule has 2 aromatic carbocycles. The second-order valence-electron chi connectivity index (χ2n) is 6.75. The molecule has 2 aromatic heterocycles. The molecule has 152 valence electrons. The molecule has 7 heteroatoms. The Morgan fingerprint density at radius 1 is 1.17 bits per heavy atom. The molecule has 30 heavy (non-hydrogen) atoms. The van der Waals surface area contributed by atoms with Gasteiger partial charge >= 0.3 is 5.97 Å². The molecule has 0 atom stereocenters. The van der Waals surface area contributed by atoms with Crippen LogP contribution < -0.4 is 9.47 Å². The smallest absolute Gasteiger partial charge is 0.323 e. The largest absolute Gasteiger partial charge is 0.496 e. The van der Waals surface area contributed by atoms with E-state index in [1.54, 1.807) is 30.1 Å². The van der Waals surface area contributed by atoms with Gasteiger partial charge in [-0.3, -0.25) is 4.79 Å². The van der Waals surface area contributed by atoms with Crippen LogP contribution in [0.5, 0.6) is 11.5 Å². The molecule has 0 aliphatic heterocycles. The van der Waals surface area contributed by atoms with E-state index in [-0.39, 0.29) is 6.54 Å². The minimum Gasteiger partial charge on any atom is -0.496 e. The maximum atomic E-state index is 10.9. The van der Waals surface area contributed by atoms with Crippen molar-refractivity contribution in [2.24, 2.45) is 0 Å². The van der Waals surface area contributed by atoms with Crippen molar-refractivity contribution in [2.75, 3.05) is 7.11 Å². The summed E-state index contributed by atoms with van der Waals surface area (Å²) in [5, 5.41) is 10.4. The third-order valence-corrected chi connectivity index (χ3v) is 4.92. The Kier molecular flexibility index (Phi) is 5.59. The molecule has 1 N–H and O–H groups in total. The Morgan fingerprint density at radius 3 is 2.83 bits per heavy atom. The number of benzene rings is 2.